The summed E-state index contributed by atoms with van der Waals surface area (Å²) in [4.78, 5) is 11.8. The zero-order valence-electron chi connectivity index (χ0n) is 13.1. The van der Waals surface area contributed by atoms with Gasteiger partial charge in [-0.05, 0) is 17.2 Å². The lowest BCUT2D eigenvalue weighted by Gasteiger charge is -2.09. The molecule has 24 heavy (non-hydrogen) atoms. The van der Waals surface area contributed by atoms with Gasteiger partial charge in [0.15, 0.2) is 0 Å². The summed E-state index contributed by atoms with van der Waals surface area (Å²) in [5, 5.41) is 9.34. The van der Waals surface area contributed by atoms with Crippen LogP contribution in [0.5, 0.6) is 0 Å². The molecule has 0 saturated heterocycles. The number of benzene rings is 2. The number of carbonyl (C=O) groups is 1. The van der Waals surface area contributed by atoms with Crippen LogP contribution in [0.4, 0.5) is 0 Å². The quantitative estimate of drug-likeness (QED) is 0.555. The summed E-state index contributed by atoms with van der Waals surface area (Å²) in [5.74, 6) is -0.878. The SMILES string of the molecule is Cn1c(-c2ccccc2)c(-c2ccccc2)c2sc(C(=O)O)cc21. The Bertz CT molecular complexity index is 1030. The minimum absolute atomic E-state index is 0.368. The maximum Gasteiger partial charge on any atom is 0.345 e. The van der Waals surface area contributed by atoms with E-state index in [1.807, 2.05) is 43.4 Å². The van der Waals surface area contributed by atoms with Crippen molar-refractivity contribution < 1.29 is 9.90 Å². The van der Waals surface area contributed by atoms with Crippen LogP contribution >= 0.6 is 11.3 Å². The first-order valence-electron chi connectivity index (χ1n) is 7.63. The number of hydrogen-bond donors (Lipinski definition) is 1. The van der Waals surface area contributed by atoms with Crippen molar-refractivity contribution in [1.82, 2.24) is 4.57 Å². The highest BCUT2D eigenvalue weighted by Gasteiger charge is 2.22. The number of carboxylic acid groups (broad SMARTS) is 1. The lowest BCUT2D eigenvalue weighted by atomic mass is 10.0. The Balaban J connectivity index is 2.10. The predicted molar refractivity (Wildman–Crippen MR) is 98.6 cm³/mol. The van der Waals surface area contributed by atoms with Gasteiger partial charge in [0.25, 0.3) is 0 Å². The highest BCUT2D eigenvalue weighted by atomic mass is 32.1. The van der Waals surface area contributed by atoms with E-state index in [1.54, 1.807) is 6.07 Å². The molecule has 118 valence electrons. The van der Waals surface area contributed by atoms with E-state index in [0.29, 0.717) is 4.88 Å². The van der Waals surface area contributed by atoms with E-state index in [1.165, 1.54) is 11.3 Å². The smallest absolute Gasteiger partial charge is 0.345 e. The van der Waals surface area contributed by atoms with Crippen molar-refractivity contribution in [2.75, 3.05) is 0 Å². The first-order valence-corrected chi connectivity index (χ1v) is 8.45. The molecule has 0 atom stereocenters. The zero-order valence-corrected chi connectivity index (χ0v) is 13.9. The van der Waals surface area contributed by atoms with Gasteiger partial charge in [-0.3, -0.25) is 0 Å². The van der Waals surface area contributed by atoms with Crippen LogP contribution in [0.25, 0.3) is 32.6 Å². The fourth-order valence-electron chi connectivity index (χ4n) is 3.12. The van der Waals surface area contributed by atoms with E-state index in [-0.39, 0.29) is 0 Å². The molecule has 1 N–H and O–H groups in total. The summed E-state index contributed by atoms with van der Waals surface area (Å²) in [6.45, 7) is 0. The third kappa shape index (κ3) is 2.23. The van der Waals surface area contributed by atoms with Gasteiger partial charge in [0.1, 0.15) is 4.88 Å². The van der Waals surface area contributed by atoms with Gasteiger partial charge < -0.3 is 9.67 Å². The number of aromatic nitrogens is 1. The van der Waals surface area contributed by atoms with E-state index in [2.05, 4.69) is 28.8 Å². The van der Waals surface area contributed by atoms with Crippen LogP contribution < -0.4 is 0 Å². The highest BCUT2D eigenvalue weighted by molar-refractivity contribution is 7.21. The third-order valence-electron chi connectivity index (χ3n) is 4.19. The molecule has 4 rings (SSSR count). The van der Waals surface area contributed by atoms with Crippen LogP contribution in [0, 0.1) is 0 Å². The summed E-state index contributed by atoms with van der Waals surface area (Å²) in [6, 6.07) is 22.1. The van der Waals surface area contributed by atoms with Gasteiger partial charge in [0, 0.05) is 12.6 Å². The molecule has 0 aliphatic rings. The monoisotopic (exact) mass is 333 g/mol. The maximum atomic E-state index is 11.4. The molecular weight excluding hydrogens is 318 g/mol. The topological polar surface area (TPSA) is 42.2 Å². The molecule has 0 unspecified atom stereocenters. The molecule has 3 nitrogen and oxygen atoms in total. The minimum atomic E-state index is -0.878. The Morgan fingerprint density at radius 1 is 0.958 bits per heavy atom. The van der Waals surface area contributed by atoms with Crippen molar-refractivity contribution in [1.29, 1.82) is 0 Å². The van der Waals surface area contributed by atoms with Crippen LogP contribution in [0.1, 0.15) is 9.67 Å². The van der Waals surface area contributed by atoms with Crippen LogP contribution in [0.15, 0.2) is 66.7 Å². The van der Waals surface area contributed by atoms with E-state index in [9.17, 15) is 9.90 Å². The summed E-state index contributed by atoms with van der Waals surface area (Å²) in [7, 11) is 2.00. The molecule has 4 aromatic rings. The number of thiophene rings is 1. The molecule has 0 aliphatic carbocycles. The fraction of sp³-hybridized carbons (Fsp3) is 0.0500. The number of fused-ring (bicyclic) bond motifs is 1. The van der Waals surface area contributed by atoms with E-state index >= 15 is 0 Å². The van der Waals surface area contributed by atoms with Crippen molar-refractivity contribution in [3.63, 3.8) is 0 Å². The van der Waals surface area contributed by atoms with Gasteiger partial charge in [-0.15, -0.1) is 11.3 Å². The largest absolute Gasteiger partial charge is 0.477 e. The highest BCUT2D eigenvalue weighted by Crippen LogP contribution is 2.43. The number of rotatable bonds is 3. The Morgan fingerprint density at radius 3 is 2.12 bits per heavy atom. The van der Waals surface area contributed by atoms with Crippen molar-refractivity contribution in [3.05, 3.63) is 71.6 Å². The summed E-state index contributed by atoms with van der Waals surface area (Å²) in [5.41, 5.74) is 5.38. The summed E-state index contributed by atoms with van der Waals surface area (Å²) < 4.78 is 3.11. The Morgan fingerprint density at radius 2 is 1.54 bits per heavy atom. The predicted octanol–water partition coefficient (Wildman–Crippen LogP) is 5.27. The number of hydrogen-bond acceptors (Lipinski definition) is 2. The number of aryl methyl sites for hydroxylation is 1. The van der Waals surface area contributed by atoms with Crippen LogP contribution in [0.2, 0.25) is 0 Å². The van der Waals surface area contributed by atoms with Gasteiger partial charge in [-0.1, -0.05) is 60.7 Å². The van der Waals surface area contributed by atoms with Gasteiger partial charge in [-0.2, -0.15) is 0 Å². The van der Waals surface area contributed by atoms with Crippen molar-refractivity contribution in [2.24, 2.45) is 7.05 Å². The molecule has 0 amide bonds. The van der Waals surface area contributed by atoms with Gasteiger partial charge in [0.2, 0.25) is 0 Å². The van der Waals surface area contributed by atoms with Gasteiger partial charge in [0.05, 0.1) is 15.9 Å². The standard InChI is InChI=1S/C20H15NO2S/c1-21-15-12-16(20(22)23)24-19(15)17(13-8-4-2-5-9-13)18(21)14-10-6-3-7-11-14/h2-12H,1H3,(H,22,23). The summed E-state index contributed by atoms with van der Waals surface area (Å²) in [6.07, 6.45) is 0. The molecule has 0 fully saturated rings. The van der Waals surface area contributed by atoms with E-state index < -0.39 is 5.97 Å². The van der Waals surface area contributed by atoms with Crippen LogP contribution in [-0.4, -0.2) is 15.6 Å². The van der Waals surface area contributed by atoms with Gasteiger partial charge in [-0.25, -0.2) is 4.79 Å². The molecule has 0 bridgehead atoms. The second-order valence-corrected chi connectivity index (χ2v) is 6.70. The molecule has 0 aliphatic heterocycles. The van der Waals surface area contributed by atoms with Crippen LogP contribution in [-0.2, 0) is 7.05 Å². The molecule has 0 saturated carbocycles. The fourth-order valence-corrected chi connectivity index (χ4v) is 4.21. The second-order valence-electron chi connectivity index (χ2n) is 5.64. The lowest BCUT2D eigenvalue weighted by Crippen LogP contribution is -1.94. The minimum Gasteiger partial charge on any atom is -0.477 e. The maximum absolute atomic E-state index is 11.4. The zero-order chi connectivity index (χ0) is 16.7. The number of nitrogens with zero attached hydrogens (tertiary/aromatic N) is 1. The molecule has 2 aromatic carbocycles. The van der Waals surface area contributed by atoms with Crippen molar-refractivity contribution >= 4 is 27.5 Å². The van der Waals surface area contributed by atoms with Crippen molar-refractivity contribution in [2.45, 2.75) is 0 Å². The molecule has 4 heteroatoms. The molecule has 0 radical (unpaired) electrons. The second kappa shape index (κ2) is 5.65. The number of carboxylic acids is 1. The van der Waals surface area contributed by atoms with E-state index in [4.69, 9.17) is 0 Å². The molecule has 0 spiro atoms. The summed E-state index contributed by atoms with van der Waals surface area (Å²) >= 11 is 1.34. The van der Waals surface area contributed by atoms with E-state index in [0.717, 1.165) is 32.6 Å². The Hall–Kier alpha value is -2.85. The molecule has 2 aromatic heterocycles. The average Bonchev–Trinajstić information content (AvgIpc) is 3.15. The first kappa shape index (κ1) is 14.7. The normalized spacial score (nSPS) is 11.0. The molecule has 2 heterocycles. The average molecular weight is 333 g/mol. The Labute approximate surface area is 143 Å². The van der Waals surface area contributed by atoms with Gasteiger partial charge >= 0.3 is 5.97 Å². The van der Waals surface area contributed by atoms with Crippen molar-refractivity contribution in [3.8, 4) is 22.4 Å². The van der Waals surface area contributed by atoms with Crippen LogP contribution in [0.3, 0.4) is 0 Å². The lowest BCUT2D eigenvalue weighted by molar-refractivity contribution is 0.0702. The number of aromatic carboxylic acids is 1. The third-order valence-corrected chi connectivity index (χ3v) is 5.32. The molecular formula is C20H15NO2S. The Kier molecular flexibility index (Phi) is 3.47. The first-order chi connectivity index (χ1) is 11.7.